The van der Waals surface area contributed by atoms with Gasteiger partial charge in [-0.15, -0.1) is 0 Å². The topological polar surface area (TPSA) is 66.4 Å². The number of aliphatic carboxylic acids is 1. The highest BCUT2D eigenvalue weighted by Crippen LogP contribution is 2.12. The molecule has 0 saturated heterocycles. The lowest BCUT2D eigenvalue weighted by Gasteiger charge is -2.20. The van der Waals surface area contributed by atoms with Gasteiger partial charge in [-0.2, -0.15) is 0 Å². The second-order valence-electron chi connectivity index (χ2n) is 4.30. The number of carboxylic acids is 1. The molecule has 0 radical (unpaired) electrons. The average molecular weight is 271 g/mol. The Balaban J connectivity index is 2.91. The van der Waals surface area contributed by atoms with Crippen molar-refractivity contribution in [1.82, 2.24) is 5.32 Å². The van der Waals surface area contributed by atoms with Crippen LogP contribution in [-0.2, 0) is 4.79 Å². The molecular formula is C13H15F2NO3. The molecular weight excluding hydrogens is 256 g/mol. The highest BCUT2D eigenvalue weighted by Gasteiger charge is 2.26. The number of hydrogen-bond acceptors (Lipinski definition) is 2. The Bertz CT molecular complexity index is 491. The van der Waals surface area contributed by atoms with E-state index in [2.05, 4.69) is 5.32 Å². The fourth-order valence-corrected chi connectivity index (χ4v) is 1.58. The van der Waals surface area contributed by atoms with Crippen LogP contribution in [0.3, 0.4) is 0 Å². The molecule has 2 atom stereocenters. The Morgan fingerprint density at radius 3 is 2.47 bits per heavy atom. The van der Waals surface area contributed by atoms with Gasteiger partial charge in [0.2, 0.25) is 0 Å². The fraction of sp³-hybridized carbons (Fsp3) is 0.385. The van der Waals surface area contributed by atoms with Crippen molar-refractivity contribution in [2.24, 2.45) is 5.92 Å². The zero-order valence-electron chi connectivity index (χ0n) is 10.6. The zero-order chi connectivity index (χ0) is 14.6. The van der Waals surface area contributed by atoms with E-state index in [1.165, 1.54) is 0 Å². The number of rotatable bonds is 5. The highest BCUT2D eigenvalue weighted by atomic mass is 19.1. The van der Waals surface area contributed by atoms with Crippen LogP contribution in [0.2, 0.25) is 0 Å². The number of amides is 1. The largest absolute Gasteiger partial charge is 0.480 e. The van der Waals surface area contributed by atoms with Crippen molar-refractivity contribution in [3.8, 4) is 0 Å². The van der Waals surface area contributed by atoms with Gasteiger partial charge in [-0.1, -0.05) is 20.3 Å². The summed E-state index contributed by atoms with van der Waals surface area (Å²) in [7, 11) is 0. The monoisotopic (exact) mass is 271 g/mol. The van der Waals surface area contributed by atoms with Gasteiger partial charge in [-0.05, 0) is 18.1 Å². The maximum absolute atomic E-state index is 13.4. The Kier molecular flexibility index (Phi) is 4.97. The van der Waals surface area contributed by atoms with E-state index in [0.29, 0.717) is 12.5 Å². The van der Waals surface area contributed by atoms with Crippen LogP contribution >= 0.6 is 0 Å². The quantitative estimate of drug-likeness (QED) is 0.862. The summed E-state index contributed by atoms with van der Waals surface area (Å²) >= 11 is 0. The summed E-state index contributed by atoms with van der Waals surface area (Å²) in [4.78, 5) is 22.8. The van der Waals surface area contributed by atoms with Crippen molar-refractivity contribution in [1.29, 1.82) is 0 Å². The molecule has 0 unspecified atom stereocenters. The highest BCUT2D eigenvalue weighted by molar-refractivity contribution is 5.96. The fourth-order valence-electron chi connectivity index (χ4n) is 1.58. The maximum atomic E-state index is 13.4. The average Bonchev–Trinajstić information content (AvgIpc) is 2.34. The molecule has 1 rings (SSSR count). The van der Waals surface area contributed by atoms with Crippen LogP contribution in [0.1, 0.15) is 30.6 Å². The minimum absolute atomic E-state index is 0.301. The van der Waals surface area contributed by atoms with Crippen LogP contribution in [0.4, 0.5) is 8.78 Å². The zero-order valence-corrected chi connectivity index (χ0v) is 10.6. The van der Waals surface area contributed by atoms with E-state index in [1.54, 1.807) is 13.8 Å². The van der Waals surface area contributed by atoms with Crippen LogP contribution < -0.4 is 5.32 Å². The van der Waals surface area contributed by atoms with Crippen molar-refractivity contribution < 1.29 is 23.5 Å². The third kappa shape index (κ3) is 3.74. The van der Waals surface area contributed by atoms with Crippen LogP contribution in [0.15, 0.2) is 18.2 Å². The number of carboxylic acid groups (broad SMARTS) is 1. The molecule has 0 aliphatic rings. The molecule has 1 aromatic carbocycles. The normalized spacial score (nSPS) is 13.7. The first-order valence-corrected chi connectivity index (χ1v) is 5.85. The van der Waals surface area contributed by atoms with Crippen LogP contribution in [0, 0.1) is 17.6 Å². The SMILES string of the molecule is CC[C@H](C)[C@@H](NC(=O)c1ccc(F)cc1F)C(=O)O. The summed E-state index contributed by atoms with van der Waals surface area (Å²) in [6.45, 7) is 3.45. The number of carbonyl (C=O) groups is 2. The maximum Gasteiger partial charge on any atom is 0.326 e. The van der Waals surface area contributed by atoms with Gasteiger partial charge in [0.05, 0.1) is 5.56 Å². The Morgan fingerprint density at radius 1 is 1.37 bits per heavy atom. The molecule has 19 heavy (non-hydrogen) atoms. The van der Waals surface area contributed by atoms with Crippen molar-refractivity contribution in [3.05, 3.63) is 35.4 Å². The number of hydrogen-bond donors (Lipinski definition) is 2. The van der Waals surface area contributed by atoms with E-state index in [9.17, 15) is 18.4 Å². The Hall–Kier alpha value is -1.98. The van der Waals surface area contributed by atoms with Gasteiger partial charge < -0.3 is 10.4 Å². The summed E-state index contributed by atoms with van der Waals surface area (Å²) in [5.41, 5.74) is -0.379. The van der Waals surface area contributed by atoms with Gasteiger partial charge >= 0.3 is 5.97 Å². The summed E-state index contributed by atoms with van der Waals surface area (Å²) in [6, 6.07) is 1.39. The molecule has 104 valence electrons. The third-order valence-corrected chi connectivity index (χ3v) is 2.94. The van der Waals surface area contributed by atoms with E-state index in [-0.39, 0.29) is 11.5 Å². The van der Waals surface area contributed by atoms with E-state index in [0.717, 1.165) is 12.1 Å². The van der Waals surface area contributed by atoms with Crippen LogP contribution in [-0.4, -0.2) is 23.0 Å². The van der Waals surface area contributed by atoms with Gasteiger partial charge in [0.15, 0.2) is 0 Å². The lowest BCUT2D eigenvalue weighted by molar-refractivity contribution is -0.140. The van der Waals surface area contributed by atoms with Crippen molar-refractivity contribution in [2.45, 2.75) is 26.3 Å². The van der Waals surface area contributed by atoms with E-state index in [1.807, 2.05) is 0 Å². The molecule has 0 aliphatic heterocycles. The number of carbonyl (C=O) groups excluding carboxylic acids is 1. The first-order chi connectivity index (χ1) is 8.86. The van der Waals surface area contributed by atoms with Crippen LogP contribution in [0.5, 0.6) is 0 Å². The molecule has 4 nitrogen and oxygen atoms in total. The predicted molar refractivity (Wildman–Crippen MR) is 64.7 cm³/mol. The lowest BCUT2D eigenvalue weighted by atomic mass is 9.99. The van der Waals surface area contributed by atoms with Gasteiger partial charge in [0, 0.05) is 6.07 Å². The molecule has 0 spiro atoms. The third-order valence-electron chi connectivity index (χ3n) is 2.94. The molecule has 0 fully saturated rings. The summed E-state index contributed by atoms with van der Waals surface area (Å²) in [5.74, 6) is -4.18. The lowest BCUT2D eigenvalue weighted by Crippen LogP contribution is -2.45. The molecule has 0 heterocycles. The van der Waals surface area contributed by atoms with E-state index in [4.69, 9.17) is 5.11 Å². The molecule has 1 aromatic rings. The smallest absolute Gasteiger partial charge is 0.326 e. The van der Waals surface area contributed by atoms with Gasteiger partial charge in [0.1, 0.15) is 17.7 Å². The summed E-state index contributed by atoms with van der Waals surface area (Å²) in [6.07, 6.45) is 0.545. The van der Waals surface area contributed by atoms with Gasteiger partial charge in [-0.3, -0.25) is 4.79 Å². The second-order valence-corrected chi connectivity index (χ2v) is 4.30. The predicted octanol–water partition coefficient (Wildman–Crippen LogP) is 2.19. The Labute approximate surface area is 109 Å². The first kappa shape index (κ1) is 15.1. The number of benzene rings is 1. The second kappa shape index (κ2) is 6.26. The molecule has 1 amide bonds. The van der Waals surface area contributed by atoms with Crippen molar-refractivity contribution in [2.75, 3.05) is 0 Å². The van der Waals surface area contributed by atoms with E-state index < -0.39 is 29.6 Å². The molecule has 0 bridgehead atoms. The summed E-state index contributed by atoms with van der Waals surface area (Å²) < 4.78 is 26.1. The molecule has 2 N–H and O–H groups in total. The molecule has 0 aromatic heterocycles. The standard InChI is InChI=1S/C13H15F2NO3/c1-3-7(2)11(13(18)19)16-12(17)9-5-4-8(14)6-10(9)15/h4-7,11H,3H2,1-2H3,(H,16,17)(H,18,19)/t7-,11+/m0/s1. The number of nitrogens with one attached hydrogen (secondary N) is 1. The number of halogens is 2. The summed E-state index contributed by atoms with van der Waals surface area (Å²) in [5, 5.41) is 11.3. The van der Waals surface area contributed by atoms with Crippen molar-refractivity contribution in [3.63, 3.8) is 0 Å². The molecule has 0 aliphatic carbocycles. The Morgan fingerprint density at radius 2 is 2.00 bits per heavy atom. The van der Waals surface area contributed by atoms with Crippen LogP contribution in [0.25, 0.3) is 0 Å². The van der Waals surface area contributed by atoms with E-state index >= 15 is 0 Å². The minimum atomic E-state index is -1.19. The first-order valence-electron chi connectivity index (χ1n) is 5.85. The van der Waals surface area contributed by atoms with Gasteiger partial charge in [-0.25, -0.2) is 13.6 Å². The minimum Gasteiger partial charge on any atom is -0.480 e. The van der Waals surface area contributed by atoms with Crippen molar-refractivity contribution >= 4 is 11.9 Å². The molecule has 0 saturated carbocycles. The molecule has 6 heteroatoms. The van der Waals surface area contributed by atoms with Gasteiger partial charge in [0.25, 0.3) is 5.91 Å².